The van der Waals surface area contributed by atoms with Crippen LogP contribution in [0.5, 0.6) is 0 Å². The molecule has 3 rings (SSSR count). The van der Waals surface area contributed by atoms with Gasteiger partial charge >= 0.3 is 0 Å². The van der Waals surface area contributed by atoms with E-state index >= 15 is 0 Å². The normalized spacial score (nSPS) is 26.5. The van der Waals surface area contributed by atoms with Crippen LogP contribution in [0.2, 0.25) is 0 Å². The lowest BCUT2D eigenvalue weighted by molar-refractivity contribution is 0.146. The fraction of sp³-hybridized carbons (Fsp3) is 0.478. The monoisotopic (exact) mass is 425 g/mol. The van der Waals surface area contributed by atoms with Crippen molar-refractivity contribution in [2.75, 3.05) is 14.1 Å². The van der Waals surface area contributed by atoms with Gasteiger partial charge in [-0.1, -0.05) is 0 Å². The van der Waals surface area contributed by atoms with E-state index in [9.17, 15) is 5.11 Å². The van der Waals surface area contributed by atoms with Crippen molar-refractivity contribution in [3.8, 4) is 0 Å². The molecular weight excluding hydrogens is 390 g/mol. The van der Waals surface area contributed by atoms with E-state index in [1.54, 1.807) is 37.7 Å². The van der Waals surface area contributed by atoms with Crippen LogP contribution in [0, 0.1) is 5.41 Å². The molecule has 8 N–H and O–H groups in total. The number of piperidine rings is 1. The highest BCUT2D eigenvalue weighted by molar-refractivity contribution is 5.90. The van der Waals surface area contributed by atoms with Gasteiger partial charge in [0.1, 0.15) is 17.3 Å². The largest absolute Gasteiger partial charge is 0.506 e. The van der Waals surface area contributed by atoms with Gasteiger partial charge in [0.05, 0.1) is 5.70 Å². The van der Waals surface area contributed by atoms with Crippen LogP contribution in [-0.4, -0.2) is 53.3 Å². The molecule has 0 bridgehead atoms. The molecule has 0 aromatic heterocycles. The second-order valence-electron chi connectivity index (χ2n) is 9.29. The molecule has 0 aromatic rings. The van der Waals surface area contributed by atoms with Crippen molar-refractivity contribution in [3.63, 3.8) is 0 Å². The first-order valence-electron chi connectivity index (χ1n) is 10.6. The van der Waals surface area contributed by atoms with Crippen molar-refractivity contribution < 1.29 is 5.11 Å². The Bertz CT molecular complexity index is 910. The van der Waals surface area contributed by atoms with Crippen molar-refractivity contribution in [2.24, 2.45) is 16.5 Å². The number of nitrogens with one attached hydrogen (secondary N) is 3. The molecule has 1 atom stereocenters. The molecule has 168 valence electrons. The van der Waals surface area contributed by atoms with E-state index in [0.717, 1.165) is 12.8 Å². The zero-order chi connectivity index (χ0) is 22.8. The summed E-state index contributed by atoms with van der Waals surface area (Å²) in [5.74, 6) is 0.393. The average Bonchev–Trinajstić information content (AvgIpc) is 3.45. The van der Waals surface area contributed by atoms with Crippen LogP contribution in [0.3, 0.4) is 0 Å². The summed E-state index contributed by atoms with van der Waals surface area (Å²) < 4.78 is 0. The van der Waals surface area contributed by atoms with Gasteiger partial charge in [-0.3, -0.25) is 10.4 Å². The van der Waals surface area contributed by atoms with Gasteiger partial charge in [0.15, 0.2) is 0 Å². The molecule has 1 saturated heterocycles. The van der Waals surface area contributed by atoms with E-state index in [1.807, 2.05) is 11.9 Å². The zero-order valence-electron chi connectivity index (χ0n) is 18.9. The maximum absolute atomic E-state index is 10.4. The van der Waals surface area contributed by atoms with Crippen LogP contribution in [0.1, 0.15) is 39.5 Å². The third-order valence-corrected chi connectivity index (χ3v) is 6.17. The summed E-state index contributed by atoms with van der Waals surface area (Å²) in [7, 11) is 3.62. The Kier molecular flexibility index (Phi) is 6.31. The lowest BCUT2D eigenvalue weighted by atomic mass is 9.83. The van der Waals surface area contributed by atoms with E-state index in [4.69, 9.17) is 16.9 Å². The third-order valence-electron chi connectivity index (χ3n) is 6.17. The molecule has 1 spiro atoms. The number of nitrogens with zero attached hydrogens (tertiary/aromatic N) is 2. The number of rotatable bonds is 5. The molecule has 1 saturated carbocycles. The number of likely N-dealkylation sites (N-methyl/N-ethyl adjacent to an activating group) is 1. The molecule has 2 fully saturated rings. The standard InChI is InChI=1S/C23H35N7O/c1-22(2)10-17(11-23(29-22)7-8-23)30(4)20(26)6-5-18(25)21-19(31)9-15(14-28-21)16(12-24)13-27-3/h5-6,9,12-14,17,26,28-29,31H,7-8,10-11,24-25H2,1-4H3. The van der Waals surface area contributed by atoms with E-state index in [1.165, 1.54) is 19.0 Å². The Morgan fingerprint density at radius 2 is 2.03 bits per heavy atom. The highest BCUT2D eigenvalue weighted by atomic mass is 16.3. The summed E-state index contributed by atoms with van der Waals surface area (Å²) in [6.07, 6.45) is 14.1. The van der Waals surface area contributed by atoms with Gasteiger partial charge in [-0.05, 0) is 57.8 Å². The second kappa shape index (κ2) is 8.63. The lowest BCUT2D eigenvalue weighted by Crippen LogP contribution is -2.59. The molecular formula is C23H35N7O. The van der Waals surface area contributed by atoms with Crippen LogP contribution >= 0.6 is 0 Å². The van der Waals surface area contributed by atoms with Crippen molar-refractivity contribution in [1.29, 1.82) is 5.41 Å². The highest BCUT2D eigenvalue weighted by Crippen LogP contribution is 2.46. The summed E-state index contributed by atoms with van der Waals surface area (Å²) in [5.41, 5.74) is 14.2. The van der Waals surface area contributed by atoms with Crippen LogP contribution in [-0.2, 0) is 0 Å². The molecule has 1 unspecified atom stereocenters. The number of allylic oxidation sites excluding steroid dienone is 4. The first-order valence-corrected chi connectivity index (χ1v) is 10.6. The number of aliphatic imine (C=N–C) groups is 1. The van der Waals surface area contributed by atoms with Crippen LogP contribution in [0.15, 0.2) is 63.9 Å². The predicted octanol–water partition coefficient (Wildman–Crippen LogP) is 2.16. The van der Waals surface area contributed by atoms with Gasteiger partial charge in [-0.15, -0.1) is 0 Å². The smallest absolute Gasteiger partial charge is 0.141 e. The Morgan fingerprint density at radius 3 is 2.61 bits per heavy atom. The van der Waals surface area contributed by atoms with Gasteiger partial charge in [-0.25, -0.2) is 0 Å². The van der Waals surface area contributed by atoms with Crippen LogP contribution < -0.4 is 22.1 Å². The van der Waals surface area contributed by atoms with Gasteiger partial charge in [0.25, 0.3) is 0 Å². The lowest BCUT2D eigenvalue weighted by Gasteiger charge is -2.45. The zero-order valence-corrected chi connectivity index (χ0v) is 18.9. The van der Waals surface area contributed by atoms with Gasteiger partial charge in [-0.2, -0.15) is 0 Å². The fourth-order valence-electron chi connectivity index (χ4n) is 4.49. The number of nitrogens with two attached hydrogens (primary N) is 2. The molecule has 0 radical (unpaired) electrons. The van der Waals surface area contributed by atoms with Gasteiger partial charge in [0.2, 0.25) is 0 Å². The number of hydrogen-bond acceptors (Lipinski definition) is 7. The summed E-state index contributed by atoms with van der Waals surface area (Å²) in [6.45, 7) is 4.47. The number of dihydropyridines is 1. The Labute approximate surface area is 184 Å². The average molecular weight is 426 g/mol. The Morgan fingerprint density at radius 1 is 1.32 bits per heavy atom. The molecule has 2 aliphatic heterocycles. The fourth-order valence-corrected chi connectivity index (χ4v) is 4.49. The minimum Gasteiger partial charge on any atom is -0.506 e. The van der Waals surface area contributed by atoms with Crippen LogP contribution in [0.4, 0.5) is 0 Å². The molecule has 2 heterocycles. The molecule has 0 amide bonds. The van der Waals surface area contributed by atoms with Crippen molar-refractivity contribution in [3.05, 3.63) is 58.9 Å². The number of aliphatic hydroxyl groups is 1. The number of aliphatic hydroxyl groups excluding tert-OH is 1. The minimum absolute atomic E-state index is 0.000770. The maximum Gasteiger partial charge on any atom is 0.141 e. The minimum atomic E-state index is -0.000770. The predicted molar refractivity (Wildman–Crippen MR) is 127 cm³/mol. The third kappa shape index (κ3) is 5.19. The Hall–Kier alpha value is -3.00. The molecule has 31 heavy (non-hydrogen) atoms. The number of hydrogen-bond donors (Lipinski definition) is 6. The molecule has 8 heteroatoms. The van der Waals surface area contributed by atoms with Crippen LogP contribution in [0.25, 0.3) is 0 Å². The highest BCUT2D eigenvalue weighted by Gasteiger charge is 2.51. The van der Waals surface area contributed by atoms with E-state index in [2.05, 4.69) is 29.5 Å². The molecule has 1 aliphatic carbocycles. The second-order valence-corrected chi connectivity index (χ2v) is 9.29. The van der Waals surface area contributed by atoms with Crippen molar-refractivity contribution in [1.82, 2.24) is 15.5 Å². The molecule has 0 aromatic carbocycles. The SMILES string of the molecule is CN=CC(=CN)C1=CNC(=C(N)C=CC(=N)N(C)C2CC(C)(C)NC3(CC3)C2)C(O)=C1. The first-order chi connectivity index (χ1) is 14.6. The maximum atomic E-state index is 10.4. The molecule has 3 aliphatic rings. The quantitative estimate of drug-likeness (QED) is 0.295. The summed E-state index contributed by atoms with van der Waals surface area (Å²) in [6, 6.07) is 0.304. The topological polar surface area (TPSA) is 136 Å². The van der Waals surface area contributed by atoms with Gasteiger partial charge in [0, 0.05) is 61.0 Å². The van der Waals surface area contributed by atoms with E-state index < -0.39 is 0 Å². The van der Waals surface area contributed by atoms with Crippen molar-refractivity contribution in [2.45, 2.75) is 56.7 Å². The van der Waals surface area contributed by atoms with Crippen molar-refractivity contribution >= 4 is 12.1 Å². The summed E-state index contributed by atoms with van der Waals surface area (Å²) in [4.78, 5) is 5.98. The van der Waals surface area contributed by atoms with Gasteiger partial charge < -0.3 is 32.1 Å². The summed E-state index contributed by atoms with van der Waals surface area (Å²) >= 11 is 0. The Balaban J connectivity index is 1.68. The van der Waals surface area contributed by atoms with E-state index in [-0.39, 0.29) is 16.8 Å². The molecule has 8 nitrogen and oxygen atoms in total. The first kappa shape index (κ1) is 22.7. The summed E-state index contributed by atoms with van der Waals surface area (Å²) in [5, 5.41) is 25.7. The number of amidine groups is 1. The van der Waals surface area contributed by atoms with E-state index in [0.29, 0.717) is 34.4 Å².